The van der Waals surface area contributed by atoms with E-state index in [9.17, 15) is 14.9 Å². The molecule has 0 bridgehead atoms. The van der Waals surface area contributed by atoms with Gasteiger partial charge in [0.25, 0.3) is 5.69 Å². The Bertz CT molecular complexity index is 498. The predicted molar refractivity (Wildman–Crippen MR) is 72.8 cm³/mol. The maximum atomic E-state index is 10.8. The van der Waals surface area contributed by atoms with Crippen LogP contribution in [0.2, 0.25) is 0 Å². The van der Waals surface area contributed by atoms with E-state index in [-0.39, 0.29) is 5.69 Å². The Morgan fingerprint density at radius 3 is 2.60 bits per heavy atom. The first-order valence-electron chi connectivity index (χ1n) is 6.50. The quantitative estimate of drug-likeness (QED) is 0.665. The number of hydrogen-bond acceptors (Lipinski definition) is 4. The van der Waals surface area contributed by atoms with E-state index in [1.165, 1.54) is 11.0 Å². The molecule has 1 aromatic rings. The lowest BCUT2D eigenvalue weighted by Crippen LogP contribution is -2.48. The number of nitro groups is 1. The molecule has 1 amide bonds. The van der Waals surface area contributed by atoms with Gasteiger partial charge < -0.3 is 10.0 Å². The second kappa shape index (κ2) is 6.33. The first-order chi connectivity index (χ1) is 9.56. The molecule has 2 rings (SSSR count). The molecule has 0 spiro atoms. The van der Waals surface area contributed by atoms with E-state index in [0.29, 0.717) is 26.2 Å². The third-order valence-electron chi connectivity index (χ3n) is 3.48. The average Bonchev–Trinajstić information content (AvgIpc) is 2.46. The summed E-state index contributed by atoms with van der Waals surface area (Å²) in [4.78, 5) is 24.7. The van der Waals surface area contributed by atoms with Crippen molar-refractivity contribution in [1.82, 2.24) is 9.80 Å². The van der Waals surface area contributed by atoms with Crippen molar-refractivity contribution in [2.45, 2.75) is 6.42 Å². The van der Waals surface area contributed by atoms with Crippen molar-refractivity contribution < 1.29 is 14.8 Å². The van der Waals surface area contributed by atoms with Crippen LogP contribution in [-0.2, 0) is 6.42 Å². The molecule has 0 radical (unpaired) electrons. The molecule has 1 aliphatic heterocycles. The highest BCUT2D eigenvalue weighted by Gasteiger charge is 2.19. The summed E-state index contributed by atoms with van der Waals surface area (Å²) in [6.07, 6.45) is -0.141. The molecule has 1 N–H and O–H groups in total. The molecule has 0 aliphatic carbocycles. The number of carbonyl (C=O) groups is 1. The molecule has 1 aromatic carbocycles. The summed E-state index contributed by atoms with van der Waals surface area (Å²) in [6, 6.07) is 6.64. The Morgan fingerprint density at radius 1 is 1.30 bits per heavy atom. The van der Waals surface area contributed by atoms with Crippen LogP contribution in [0, 0.1) is 10.1 Å². The third kappa shape index (κ3) is 3.67. The number of benzene rings is 1. The second-order valence-corrected chi connectivity index (χ2v) is 4.79. The van der Waals surface area contributed by atoms with Crippen LogP contribution in [0.5, 0.6) is 0 Å². The summed E-state index contributed by atoms with van der Waals surface area (Å²) >= 11 is 0. The van der Waals surface area contributed by atoms with E-state index in [1.54, 1.807) is 12.1 Å². The smallest absolute Gasteiger partial charge is 0.407 e. The van der Waals surface area contributed by atoms with Gasteiger partial charge in [-0.05, 0) is 12.0 Å². The predicted octanol–water partition coefficient (Wildman–Crippen LogP) is 1.43. The van der Waals surface area contributed by atoms with Gasteiger partial charge in [0.2, 0.25) is 0 Å². The van der Waals surface area contributed by atoms with Crippen LogP contribution in [0.1, 0.15) is 5.56 Å². The maximum Gasteiger partial charge on any atom is 0.407 e. The van der Waals surface area contributed by atoms with Crippen molar-refractivity contribution in [3.63, 3.8) is 0 Å². The fraction of sp³-hybridized carbons (Fsp3) is 0.462. The van der Waals surface area contributed by atoms with Gasteiger partial charge in [-0.25, -0.2) is 4.79 Å². The van der Waals surface area contributed by atoms with Crippen LogP contribution < -0.4 is 0 Å². The van der Waals surface area contributed by atoms with Gasteiger partial charge in [-0.3, -0.25) is 15.0 Å². The third-order valence-corrected chi connectivity index (χ3v) is 3.48. The van der Waals surface area contributed by atoms with Gasteiger partial charge in [-0.15, -0.1) is 0 Å². The normalized spacial score (nSPS) is 16.1. The zero-order chi connectivity index (χ0) is 14.5. The molecular weight excluding hydrogens is 262 g/mol. The SMILES string of the molecule is O=C(O)N1CCN(CCc2cccc([N+](=O)[O-])c2)CC1. The molecule has 7 nitrogen and oxygen atoms in total. The summed E-state index contributed by atoms with van der Waals surface area (Å²) < 4.78 is 0. The standard InChI is InChI=1S/C13H17N3O4/c17-13(18)15-8-6-14(7-9-15)5-4-11-2-1-3-12(10-11)16(19)20/h1-3,10H,4-9H2,(H,17,18). The number of amides is 1. The maximum absolute atomic E-state index is 10.8. The first kappa shape index (κ1) is 14.3. The molecule has 1 fully saturated rings. The monoisotopic (exact) mass is 279 g/mol. The lowest BCUT2D eigenvalue weighted by Gasteiger charge is -2.33. The highest BCUT2D eigenvalue weighted by Crippen LogP contribution is 2.14. The first-order valence-corrected chi connectivity index (χ1v) is 6.50. The number of nitro benzene ring substituents is 1. The van der Waals surface area contributed by atoms with Crippen molar-refractivity contribution in [1.29, 1.82) is 0 Å². The Morgan fingerprint density at radius 2 is 2.00 bits per heavy atom. The molecule has 20 heavy (non-hydrogen) atoms. The molecule has 0 unspecified atom stereocenters. The lowest BCUT2D eigenvalue weighted by atomic mass is 10.1. The van der Waals surface area contributed by atoms with Gasteiger partial charge >= 0.3 is 6.09 Å². The molecular formula is C13H17N3O4. The summed E-state index contributed by atoms with van der Waals surface area (Å²) in [5.41, 5.74) is 1.04. The molecule has 7 heteroatoms. The van der Waals surface area contributed by atoms with Gasteiger partial charge in [-0.1, -0.05) is 12.1 Å². The van der Waals surface area contributed by atoms with Crippen LogP contribution in [0.4, 0.5) is 10.5 Å². The minimum atomic E-state index is -0.872. The van der Waals surface area contributed by atoms with E-state index in [0.717, 1.165) is 18.5 Å². The van der Waals surface area contributed by atoms with E-state index in [2.05, 4.69) is 4.90 Å². The van der Waals surface area contributed by atoms with Gasteiger partial charge in [0.05, 0.1) is 4.92 Å². The van der Waals surface area contributed by atoms with Gasteiger partial charge in [0, 0.05) is 44.9 Å². The fourth-order valence-corrected chi connectivity index (χ4v) is 2.28. The summed E-state index contributed by atoms with van der Waals surface area (Å²) in [6.45, 7) is 3.24. The van der Waals surface area contributed by atoms with Crippen molar-refractivity contribution in [2.75, 3.05) is 32.7 Å². The highest BCUT2D eigenvalue weighted by atomic mass is 16.6. The van der Waals surface area contributed by atoms with Crippen LogP contribution in [0.25, 0.3) is 0 Å². The van der Waals surface area contributed by atoms with Gasteiger partial charge in [0.15, 0.2) is 0 Å². The number of nitrogens with zero attached hydrogens (tertiary/aromatic N) is 3. The van der Waals surface area contributed by atoms with E-state index in [1.807, 2.05) is 6.07 Å². The van der Waals surface area contributed by atoms with Crippen LogP contribution in [-0.4, -0.2) is 58.6 Å². The number of hydrogen-bond donors (Lipinski definition) is 1. The Hall–Kier alpha value is -2.15. The molecule has 0 atom stereocenters. The van der Waals surface area contributed by atoms with E-state index >= 15 is 0 Å². The van der Waals surface area contributed by atoms with Crippen molar-refractivity contribution in [3.05, 3.63) is 39.9 Å². The fourth-order valence-electron chi connectivity index (χ4n) is 2.28. The van der Waals surface area contributed by atoms with Crippen LogP contribution in [0.3, 0.4) is 0 Å². The zero-order valence-electron chi connectivity index (χ0n) is 11.1. The molecule has 1 heterocycles. The molecule has 1 aliphatic rings. The summed E-state index contributed by atoms with van der Waals surface area (Å²) in [7, 11) is 0. The summed E-state index contributed by atoms with van der Waals surface area (Å²) in [5, 5.41) is 19.6. The second-order valence-electron chi connectivity index (χ2n) is 4.79. The van der Waals surface area contributed by atoms with E-state index in [4.69, 9.17) is 5.11 Å². The molecule has 0 saturated carbocycles. The molecule has 1 saturated heterocycles. The van der Waals surface area contributed by atoms with Crippen LogP contribution >= 0.6 is 0 Å². The average molecular weight is 279 g/mol. The van der Waals surface area contributed by atoms with Crippen molar-refractivity contribution >= 4 is 11.8 Å². The minimum Gasteiger partial charge on any atom is -0.465 e. The van der Waals surface area contributed by atoms with Crippen molar-refractivity contribution in [2.24, 2.45) is 0 Å². The number of non-ortho nitro benzene ring substituents is 1. The van der Waals surface area contributed by atoms with Crippen LogP contribution in [0.15, 0.2) is 24.3 Å². The van der Waals surface area contributed by atoms with E-state index < -0.39 is 11.0 Å². The Kier molecular flexibility index (Phi) is 4.52. The number of carboxylic acid groups (broad SMARTS) is 1. The van der Waals surface area contributed by atoms with Crippen molar-refractivity contribution in [3.8, 4) is 0 Å². The minimum absolute atomic E-state index is 0.109. The number of piperazine rings is 1. The summed E-state index contributed by atoms with van der Waals surface area (Å²) in [5.74, 6) is 0. The lowest BCUT2D eigenvalue weighted by molar-refractivity contribution is -0.384. The van der Waals surface area contributed by atoms with Gasteiger partial charge in [0.1, 0.15) is 0 Å². The molecule has 108 valence electrons. The Balaban J connectivity index is 1.83. The highest BCUT2D eigenvalue weighted by molar-refractivity contribution is 5.65. The topological polar surface area (TPSA) is 86.9 Å². The zero-order valence-corrected chi connectivity index (χ0v) is 11.1. The number of rotatable bonds is 4. The Labute approximate surface area is 116 Å². The molecule has 0 aromatic heterocycles. The largest absolute Gasteiger partial charge is 0.465 e. The van der Waals surface area contributed by atoms with Gasteiger partial charge in [-0.2, -0.15) is 0 Å².